The van der Waals surface area contributed by atoms with Gasteiger partial charge in [-0.1, -0.05) is 45.0 Å². The van der Waals surface area contributed by atoms with E-state index in [2.05, 4.69) is 63.1 Å². The minimum atomic E-state index is -0.129. The smallest absolute Gasteiger partial charge is 0.257 e. The second-order valence-corrected chi connectivity index (χ2v) is 9.21. The molecule has 0 unspecified atom stereocenters. The van der Waals surface area contributed by atoms with Crippen molar-refractivity contribution in [2.45, 2.75) is 47.0 Å². The molecule has 27 heavy (non-hydrogen) atoms. The average Bonchev–Trinajstić information content (AvgIpc) is 2.97. The van der Waals surface area contributed by atoms with Crippen molar-refractivity contribution in [1.82, 2.24) is 4.98 Å². The second-order valence-electron chi connectivity index (χ2n) is 8.00. The maximum atomic E-state index is 12.6. The molecule has 1 heterocycles. The number of hydrogen-bond acceptors (Lipinski definition) is 3. The molecule has 0 radical (unpaired) electrons. The van der Waals surface area contributed by atoms with Crippen molar-refractivity contribution in [2.75, 3.05) is 5.32 Å². The maximum absolute atomic E-state index is 12.6. The van der Waals surface area contributed by atoms with Crippen molar-refractivity contribution in [3.8, 4) is 11.3 Å². The molecule has 140 valence electrons. The van der Waals surface area contributed by atoms with Crippen molar-refractivity contribution < 1.29 is 4.79 Å². The SMILES string of the molecule is Cc1ccc(-c2nc(NC(=O)c3ccc(C(C)(C)C)cc3)sc2C)cc1C. The summed E-state index contributed by atoms with van der Waals surface area (Å²) in [7, 11) is 0. The predicted molar refractivity (Wildman–Crippen MR) is 115 cm³/mol. The van der Waals surface area contributed by atoms with E-state index in [1.54, 1.807) is 0 Å². The first kappa shape index (κ1) is 19.3. The molecule has 0 aliphatic carbocycles. The molecule has 0 atom stereocenters. The summed E-state index contributed by atoms with van der Waals surface area (Å²) in [5.41, 5.74) is 6.44. The molecule has 0 saturated heterocycles. The molecule has 1 aromatic heterocycles. The summed E-state index contributed by atoms with van der Waals surface area (Å²) in [5.74, 6) is -0.129. The van der Waals surface area contributed by atoms with Crippen molar-refractivity contribution in [3.05, 3.63) is 69.6 Å². The third-order valence-electron chi connectivity index (χ3n) is 4.81. The summed E-state index contributed by atoms with van der Waals surface area (Å²) in [6.45, 7) is 12.7. The van der Waals surface area contributed by atoms with Gasteiger partial charge in [0.05, 0.1) is 5.69 Å². The van der Waals surface area contributed by atoms with Gasteiger partial charge < -0.3 is 0 Å². The highest BCUT2D eigenvalue weighted by Crippen LogP contribution is 2.31. The van der Waals surface area contributed by atoms with Gasteiger partial charge in [0.2, 0.25) is 0 Å². The number of carbonyl (C=O) groups excluding carboxylic acids is 1. The van der Waals surface area contributed by atoms with Crippen molar-refractivity contribution >= 4 is 22.4 Å². The topological polar surface area (TPSA) is 42.0 Å². The number of thiazole rings is 1. The molecule has 0 fully saturated rings. The number of hydrogen-bond donors (Lipinski definition) is 1. The van der Waals surface area contributed by atoms with Gasteiger partial charge >= 0.3 is 0 Å². The van der Waals surface area contributed by atoms with Gasteiger partial charge in [0.1, 0.15) is 0 Å². The zero-order valence-corrected chi connectivity index (χ0v) is 17.6. The van der Waals surface area contributed by atoms with Crippen LogP contribution in [0.1, 0.15) is 52.7 Å². The summed E-state index contributed by atoms with van der Waals surface area (Å²) in [5, 5.41) is 3.57. The van der Waals surface area contributed by atoms with E-state index in [1.165, 1.54) is 28.0 Å². The fourth-order valence-electron chi connectivity index (χ4n) is 2.90. The molecule has 3 aromatic rings. The van der Waals surface area contributed by atoms with Gasteiger partial charge in [0.15, 0.2) is 5.13 Å². The van der Waals surface area contributed by atoms with Gasteiger partial charge in [-0.25, -0.2) is 4.98 Å². The summed E-state index contributed by atoms with van der Waals surface area (Å²) in [6, 6.07) is 14.1. The molecule has 0 aliphatic rings. The molecule has 0 bridgehead atoms. The average molecular weight is 379 g/mol. The number of aryl methyl sites for hydroxylation is 3. The third-order valence-corrected chi connectivity index (χ3v) is 5.70. The third kappa shape index (κ3) is 4.28. The Balaban J connectivity index is 1.80. The Kier molecular flexibility index (Phi) is 5.20. The standard InChI is InChI=1S/C23H26N2OS/c1-14-7-8-18(13-15(14)2)20-16(3)27-22(24-20)25-21(26)17-9-11-19(12-10-17)23(4,5)6/h7-13H,1-6H3,(H,24,25,26). The van der Waals surface area contributed by atoms with Gasteiger partial charge in [0.25, 0.3) is 5.91 Å². The van der Waals surface area contributed by atoms with E-state index in [-0.39, 0.29) is 11.3 Å². The molecule has 3 rings (SSSR count). The molecular formula is C23H26N2OS. The first-order valence-corrected chi connectivity index (χ1v) is 9.94. The number of nitrogens with zero attached hydrogens (tertiary/aromatic N) is 1. The van der Waals surface area contributed by atoms with E-state index in [0.29, 0.717) is 10.7 Å². The largest absolute Gasteiger partial charge is 0.298 e. The lowest BCUT2D eigenvalue weighted by atomic mass is 9.87. The van der Waals surface area contributed by atoms with E-state index >= 15 is 0 Å². The number of nitrogens with one attached hydrogen (secondary N) is 1. The fraction of sp³-hybridized carbons (Fsp3) is 0.304. The van der Waals surface area contributed by atoms with E-state index in [1.807, 2.05) is 31.2 Å². The molecule has 0 aliphatic heterocycles. The van der Waals surface area contributed by atoms with E-state index in [0.717, 1.165) is 16.1 Å². The van der Waals surface area contributed by atoms with Crippen molar-refractivity contribution in [2.24, 2.45) is 0 Å². The molecule has 0 spiro atoms. The molecular weight excluding hydrogens is 352 g/mol. The normalized spacial score (nSPS) is 11.5. The van der Waals surface area contributed by atoms with Crippen LogP contribution in [0.2, 0.25) is 0 Å². The Bertz CT molecular complexity index is 979. The first-order chi connectivity index (χ1) is 12.6. The van der Waals surface area contributed by atoms with E-state index in [4.69, 9.17) is 0 Å². The monoisotopic (exact) mass is 378 g/mol. The first-order valence-electron chi connectivity index (χ1n) is 9.12. The van der Waals surface area contributed by atoms with E-state index < -0.39 is 0 Å². The van der Waals surface area contributed by atoms with E-state index in [9.17, 15) is 4.79 Å². The van der Waals surface area contributed by atoms with Crippen LogP contribution >= 0.6 is 11.3 Å². The van der Waals surface area contributed by atoms with Crippen LogP contribution in [0.4, 0.5) is 5.13 Å². The zero-order chi connectivity index (χ0) is 19.8. The van der Waals surface area contributed by atoms with Crippen LogP contribution in [-0.4, -0.2) is 10.9 Å². The summed E-state index contributed by atoms with van der Waals surface area (Å²) in [6.07, 6.45) is 0. The number of amides is 1. The molecule has 1 amide bonds. The lowest BCUT2D eigenvalue weighted by Gasteiger charge is -2.18. The Morgan fingerprint density at radius 2 is 1.63 bits per heavy atom. The Morgan fingerprint density at radius 1 is 0.963 bits per heavy atom. The molecule has 2 aromatic carbocycles. The minimum absolute atomic E-state index is 0.0719. The van der Waals surface area contributed by atoms with Gasteiger partial charge in [-0.05, 0) is 61.1 Å². The van der Waals surface area contributed by atoms with Crippen LogP contribution < -0.4 is 5.32 Å². The number of benzene rings is 2. The zero-order valence-electron chi connectivity index (χ0n) is 16.8. The quantitative estimate of drug-likeness (QED) is 0.582. The van der Waals surface area contributed by atoms with Crippen molar-refractivity contribution in [3.63, 3.8) is 0 Å². The molecule has 1 N–H and O–H groups in total. The number of rotatable bonds is 3. The van der Waals surface area contributed by atoms with Gasteiger partial charge in [0, 0.05) is 16.0 Å². The van der Waals surface area contributed by atoms with Gasteiger partial charge in [-0.3, -0.25) is 10.1 Å². The molecule has 0 saturated carbocycles. The van der Waals surface area contributed by atoms with Crippen LogP contribution in [0.25, 0.3) is 11.3 Å². The second kappa shape index (κ2) is 7.28. The minimum Gasteiger partial charge on any atom is -0.298 e. The highest BCUT2D eigenvalue weighted by molar-refractivity contribution is 7.16. The van der Waals surface area contributed by atoms with Gasteiger partial charge in [-0.15, -0.1) is 11.3 Å². The van der Waals surface area contributed by atoms with Crippen molar-refractivity contribution in [1.29, 1.82) is 0 Å². The lowest BCUT2D eigenvalue weighted by molar-refractivity contribution is 0.102. The summed E-state index contributed by atoms with van der Waals surface area (Å²) >= 11 is 1.51. The Morgan fingerprint density at radius 3 is 2.22 bits per heavy atom. The Labute approximate surface area is 165 Å². The summed E-state index contributed by atoms with van der Waals surface area (Å²) < 4.78 is 0. The molecule has 3 nitrogen and oxygen atoms in total. The van der Waals surface area contributed by atoms with Crippen LogP contribution in [0, 0.1) is 20.8 Å². The Hall–Kier alpha value is -2.46. The van der Waals surface area contributed by atoms with Crippen LogP contribution in [0.5, 0.6) is 0 Å². The number of anilines is 1. The van der Waals surface area contributed by atoms with Gasteiger partial charge in [-0.2, -0.15) is 0 Å². The molecule has 4 heteroatoms. The predicted octanol–water partition coefficient (Wildman–Crippen LogP) is 6.29. The maximum Gasteiger partial charge on any atom is 0.257 e. The highest BCUT2D eigenvalue weighted by atomic mass is 32.1. The lowest BCUT2D eigenvalue weighted by Crippen LogP contribution is -2.14. The number of aromatic nitrogens is 1. The highest BCUT2D eigenvalue weighted by Gasteiger charge is 2.16. The summed E-state index contributed by atoms with van der Waals surface area (Å²) in [4.78, 5) is 18.3. The fourth-order valence-corrected chi connectivity index (χ4v) is 3.73. The van der Waals surface area contributed by atoms with Crippen LogP contribution in [0.3, 0.4) is 0 Å². The van der Waals surface area contributed by atoms with Crippen LogP contribution in [0.15, 0.2) is 42.5 Å². The van der Waals surface area contributed by atoms with Crippen LogP contribution in [-0.2, 0) is 5.41 Å². The number of carbonyl (C=O) groups is 1.